The number of carbonyl (C=O) groups is 1. The van der Waals surface area contributed by atoms with Gasteiger partial charge in [0.1, 0.15) is 17.4 Å². The molecule has 1 aromatic heterocycles. The number of piperazine rings is 1. The molecule has 8 nitrogen and oxygen atoms in total. The van der Waals surface area contributed by atoms with Crippen molar-refractivity contribution in [1.82, 2.24) is 9.88 Å². The summed E-state index contributed by atoms with van der Waals surface area (Å²) in [4.78, 5) is 31.8. The molecule has 1 amide bonds. The summed E-state index contributed by atoms with van der Waals surface area (Å²) in [5.41, 5.74) is 2.82. The summed E-state index contributed by atoms with van der Waals surface area (Å²) in [7, 11) is 0. The van der Waals surface area contributed by atoms with E-state index < -0.39 is 4.92 Å². The molecule has 9 heteroatoms. The van der Waals surface area contributed by atoms with Gasteiger partial charge in [0.15, 0.2) is 0 Å². The fourth-order valence-corrected chi connectivity index (χ4v) is 4.27. The van der Waals surface area contributed by atoms with Gasteiger partial charge in [-0.05, 0) is 25.1 Å². The minimum Gasteiger partial charge on any atom is -0.486 e. The third-order valence-electron chi connectivity index (χ3n) is 5.35. The van der Waals surface area contributed by atoms with Crippen molar-refractivity contribution < 1.29 is 14.5 Å². The van der Waals surface area contributed by atoms with Crippen LogP contribution in [-0.2, 0) is 17.8 Å². The van der Waals surface area contributed by atoms with Gasteiger partial charge in [-0.1, -0.05) is 23.8 Å². The number of aryl methyl sites for hydroxylation is 1. The number of non-ortho nitro benzene ring substituents is 1. The molecule has 1 fully saturated rings. The summed E-state index contributed by atoms with van der Waals surface area (Å²) in [6.07, 6.45) is 0.262. The van der Waals surface area contributed by atoms with Crippen LogP contribution in [0.5, 0.6) is 5.75 Å². The van der Waals surface area contributed by atoms with Crippen LogP contribution in [0.15, 0.2) is 53.9 Å². The molecule has 1 aliphatic heterocycles. The minimum absolute atomic E-state index is 0.0417. The Morgan fingerprint density at radius 3 is 2.62 bits per heavy atom. The van der Waals surface area contributed by atoms with Crippen molar-refractivity contribution in [1.29, 1.82) is 0 Å². The smallest absolute Gasteiger partial charge is 0.271 e. The van der Waals surface area contributed by atoms with Gasteiger partial charge in [-0.2, -0.15) is 0 Å². The fraction of sp³-hybridized carbons (Fsp3) is 0.304. The van der Waals surface area contributed by atoms with E-state index in [1.54, 1.807) is 12.1 Å². The average Bonchev–Trinajstić information content (AvgIpc) is 3.26. The summed E-state index contributed by atoms with van der Waals surface area (Å²) >= 11 is 1.49. The zero-order valence-corrected chi connectivity index (χ0v) is 18.6. The van der Waals surface area contributed by atoms with Gasteiger partial charge in [0.05, 0.1) is 17.0 Å². The topological polar surface area (TPSA) is 88.8 Å². The maximum absolute atomic E-state index is 12.7. The first kappa shape index (κ1) is 21.8. The van der Waals surface area contributed by atoms with Gasteiger partial charge >= 0.3 is 0 Å². The highest BCUT2D eigenvalue weighted by Gasteiger charge is 2.23. The third kappa shape index (κ3) is 5.42. The van der Waals surface area contributed by atoms with E-state index in [0.717, 1.165) is 22.1 Å². The molecule has 0 radical (unpaired) electrons. The van der Waals surface area contributed by atoms with E-state index in [1.807, 2.05) is 47.5 Å². The fourth-order valence-electron chi connectivity index (χ4n) is 3.56. The molecular weight excluding hydrogens is 428 g/mol. The van der Waals surface area contributed by atoms with E-state index in [9.17, 15) is 14.9 Å². The molecule has 2 heterocycles. The van der Waals surface area contributed by atoms with Crippen molar-refractivity contribution in [3.8, 4) is 5.75 Å². The molecular formula is C23H24N4O4S. The molecule has 0 unspecified atom stereocenters. The Morgan fingerprint density at radius 2 is 1.91 bits per heavy atom. The number of carbonyl (C=O) groups excluding carboxylic acids is 1. The predicted molar refractivity (Wildman–Crippen MR) is 123 cm³/mol. The van der Waals surface area contributed by atoms with Gasteiger partial charge in [0.2, 0.25) is 5.91 Å². The van der Waals surface area contributed by atoms with E-state index in [-0.39, 0.29) is 18.0 Å². The van der Waals surface area contributed by atoms with Gasteiger partial charge in [0.25, 0.3) is 5.69 Å². The molecule has 0 N–H and O–H groups in total. The molecule has 0 spiro atoms. The minimum atomic E-state index is -0.392. The van der Waals surface area contributed by atoms with E-state index in [0.29, 0.717) is 32.8 Å². The van der Waals surface area contributed by atoms with Crippen molar-refractivity contribution in [3.05, 3.63) is 80.3 Å². The Kier molecular flexibility index (Phi) is 6.65. The number of ether oxygens (including phenoxy) is 1. The first-order chi connectivity index (χ1) is 15.5. The van der Waals surface area contributed by atoms with Crippen molar-refractivity contribution >= 4 is 28.6 Å². The highest BCUT2D eigenvalue weighted by atomic mass is 32.1. The van der Waals surface area contributed by atoms with Crippen LogP contribution in [0.1, 0.15) is 16.3 Å². The van der Waals surface area contributed by atoms with Crippen LogP contribution in [0.2, 0.25) is 0 Å². The number of anilines is 1. The van der Waals surface area contributed by atoms with Crippen LogP contribution in [0.25, 0.3) is 0 Å². The van der Waals surface area contributed by atoms with Crippen LogP contribution in [0, 0.1) is 17.0 Å². The van der Waals surface area contributed by atoms with Gasteiger partial charge in [-0.3, -0.25) is 14.9 Å². The molecule has 1 saturated heterocycles. The normalized spacial score (nSPS) is 13.8. The van der Waals surface area contributed by atoms with Crippen molar-refractivity contribution in [2.45, 2.75) is 20.0 Å². The molecule has 3 aromatic rings. The standard InChI is InChI=1S/C23H24N4O4S/c1-17-5-7-21(8-6-17)31-15-22-24-18(16-32-22)13-23(28)26-11-9-25(10-12-26)19-3-2-4-20(14-19)27(29)30/h2-8,14,16H,9-13,15H2,1H3. The number of rotatable bonds is 7. The van der Waals surface area contributed by atoms with E-state index in [4.69, 9.17) is 4.74 Å². The third-order valence-corrected chi connectivity index (χ3v) is 6.22. The average molecular weight is 453 g/mol. The van der Waals surface area contributed by atoms with Crippen molar-refractivity contribution in [3.63, 3.8) is 0 Å². The maximum Gasteiger partial charge on any atom is 0.271 e. The molecule has 0 saturated carbocycles. The number of nitro groups is 1. The Bertz CT molecular complexity index is 1090. The number of amides is 1. The van der Waals surface area contributed by atoms with Gasteiger partial charge in [-0.15, -0.1) is 11.3 Å². The van der Waals surface area contributed by atoms with E-state index in [2.05, 4.69) is 9.88 Å². The SMILES string of the molecule is Cc1ccc(OCc2nc(CC(=O)N3CCN(c4cccc([N+](=O)[O-])c4)CC3)cs2)cc1. The summed E-state index contributed by atoms with van der Waals surface area (Å²) in [5, 5.41) is 13.7. The summed E-state index contributed by atoms with van der Waals surface area (Å²) in [5.74, 6) is 0.838. The van der Waals surface area contributed by atoms with E-state index in [1.165, 1.54) is 23.0 Å². The molecule has 1 aliphatic rings. The highest BCUT2D eigenvalue weighted by molar-refractivity contribution is 7.09. The highest BCUT2D eigenvalue weighted by Crippen LogP contribution is 2.22. The number of hydrogen-bond donors (Lipinski definition) is 0. The zero-order chi connectivity index (χ0) is 22.5. The van der Waals surface area contributed by atoms with Crippen LogP contribution in [0.4, 0.5) is 11.4 Å². The molecule has 0 bridgehead atoms. The van der Waals surface area contributed by atoms with Gasteiger partial charge in [-0.25, -0.2) is 4.98 Å². The van der Waals surface area contributed by atoms with Crippen molar-refractivity contribution in [2.24, 2.45) is 0 Å². The number of aromatic nitrogens is 1. The lowest BCUT2D eigenvalue weighted by Gasteiger charge is -2.36. The van der Waals surface area contributed by atoms with Crippen LogP contribution in [0.3, 0.4) is 0 Å². The van der Waals surface area contributed by atoms with Crippen LogP contribution < -0.4 is 9.64 Å². The largest absolute Gasteiger partial charge is 0.486 e. The Morgan fingerprint density at radius 1 is 1.16 bits per heavy atom. The lowest BCUT2D eigenvalue weighted by molar-refractivity contribution is -0.384. The van der Waals surface area contributed by atoms with Gasteiger partial charge in [0, 0.05) is 49.4 Å². The monoisotopic (exact) mass is 452 g/mol. The second-order valence-electron chi connectivity index (χ2n) is 7.66. The maximum atomic E-state index is 12.7. The number of nitro benzene ring substituents is 1. The van der Waals surface area contributed by atoms with Gasteiger partial charge < -0.3 is 14.5 Å². The number of nitrogens with zero attached hydrogens (tertiary/aromatic N) is 4. The number of benzene rings is 2. The molecule has 0 atom stereocenters. The molecule has 0 aliphatic carbocycles. The summed E-state index contributed by atoms with van der Waals surface area (Å²) in [6, 6.07) is 14.5. The number of thiazole rings is 1. The number of hydrogen-bond acceptors (Lipinski definition) is 7. The molecule has 4 rings (SSSR count). The van der Waals surface area contributed by atoms with Crippen LogP contribution in [-0.4, -0.2) is 46.9 Å². The summed E-state index contributed by atoms with van der Waals surface area (Å²) < 4.78 is 5.76. The van der Waals surface area contributed by atoms with E-state index >= 15 is 0 Å². The first-order valence-electron chi connectivity index (χ1n) is 10.4. The Balaban J connectivity index is 1.26. The molecule has 166 valence electrons. The zero-order valence-electron chi connectivity index (χ0n) is 17.8. The lowest BCUT2D eigenvalue weighted by atomic mass is 10.2. The van der Waals surface area contributed by atoms with Crippen LogP contribution >= 0.6 is 11.3 Å². The first-order valence-corrected chi connectivity index (χ1v) is 11.3. The predicted octanol–water partition coefficient (Wildman–Crippen LogP) is 3.83. The molecule has 2 aromatic carbocycles. The lowest BCUT2D eigenvalue weighted by Crippen LogP contribution is -2.49. The molecule has 32 heavy (non-hydrogen) atoms. The van der Waals surface area contributed by atoms with Crippen molar-refractivity contribution in [2.75, 3.05) is 31.1 Å². The Hall–Kier alpha value is -3.46. The quantitative estimate of drug-likeness (QED) is 0.400. The second-order valence-corrected chi connectivity index (χ2v) is 8.60. The second kappa shape index (κ2) is 9.78. The Labute approximate surface area is 190 Å². The summed E-state index contributed by atoms with van der Waals surface area (Å²) in [6.45, 7) is 4.84.